The van der Waals surface area contributed by atoms with Crippen LogP contribution in [-0.4, -0.2) is 53.3 Å². The molecule has 0 spiro atoms. The second-order valence-electron chi connectivity index (χ2n) is 5.94. The topological polar surface area (TPSA) is 76.3 Å². The van der Waals surface area contributed by atoms with E-state index in [1.807, 2.05) is 24.3 Å². The van der Waals surface area contributed by atoms with Crippen molar-refractivity contribution in [2.45, 2.75) is 20.3 Å². The molecule has 3 rings (SSSR count). The van der Waals surface area contributed by atoms with Gasteiger partial charge in [0.2, 0.25) is 0 Å². The van der Waals surface area contributed by atoms with Gasteiger partial charge < -0.3 is 19.5 Å². The van der Waals surface area contributed by atoms with Crippen LogP contribution < -0.4 is 10.1 Å². The summed E-state index contributed by atoms with van der Waals surface area (Å²) in [5, 5.41) is 8.40. The second kappa shape index (κ2) is 8.62. The molecule has 0 saturated heterocycles. The summed E-state index contributed by atoms with van der Waals surface area (Å²) in [5.74, 6) is 1.47. The van der Waals surface area contributed by atoms with Gasteiger partial charge in [-0.2, -0.15) is 4.98 Å². The van der Waals surface area contributed by atoms with E-state index in [0.29, 0.717) is 11.4 Å². The first-order valence-electron chi connectivity index (χ1n) is 8.98. The molecule has 0 bridgehead atoms. The van der Waals surface area contributed by atoms with Crippen LogP contribution in [0.15, 0.2) is 35.1 Å². The van der Waals surface area contributed by atoms with Crippen molar-refractivity contribution in [2.24, 2.45) is 0 Å². The summed E-state index contributed by atoms with van der Waals surface area (Å²) in [4.78, 5) is 11.0. The lowest BCUT2D eigenvalue weighted by Gasteiger charge is -2.17. The van der Waals surface area contributed by atoms with Gasteiger partial charge in [-0.05, 0) is 38.2 Å². The van der Waals surface area contributed by atoms with E-state index in [4.69, 9.17) is 9.26 Å². The molecule has 0 amide bonds. The molecule has 7 heteroatoms. The third-order valence-electron chi connectivity index (χ3n) is 4.47. The molecule has 1 aromatic carbocycles. The number of benzene rings is 1. The molecule has 2 aromatic heterocycles. The largest absolute Gasteiger partial charge is 0.496 e. The highest BCUT2D eigenvalue weighted by Gasteiger charge is 2.19. The van der Waals surface area contributed by atoms with Crippen molar-refractivity contribution in [1.29, 1.82) is 0 Å². The predicted octanol–water partition coefficient (Wildman–Crippen LogP) is 3.44. The normalized spacial score (nSPS) is 11.2. The van der Waals surface area contributed by atoms with Crippen LogP contribution in [0, 0.1) is 0 Å². The average molecular weight is 355 g/mol. The van der Waals surface area contributed by atoms with Crippen LogP contribution >= 0.6 is 0 Å². The summed E-state index contributed by atoms with van der Waals surface area (Å²) in [6.07, 6.45) is 2.52. The summed E-state index contributed by atoms with van der Waals surface area (Å²) >= 11 is 0. The predicted molar refractivity (Wildman–Crippen MR) is 102 cm³/mol. The zero-order valence-electron chi connectivity index (χ0n) is 15.5. The van der Waals surface area contributed by atoms with Gasteiger partial charge in [-0.25, -0.2) is 4.98 Å². The van der Waals surface area contributed by atoms with Crippen LogP contribution in [0.5, 0.6) is 5.75 Å². The first kappa shape index (κ1) is 18.1. The lowest BCUT2D eigenvalue weighted by Crippen LogP contribution is -2.25. The van der Waals surface area contributed by atoms with Gasteiger partial charge in [-0.3, -0.25) is 0 Å². The maximum absolute atomic E-state index is 5.46. The molecule has 26 heavy (non-hydrogen) atoms. The summed E-state index contributed by atoms with van der Waals surface area (Å²) in [6.45, 7) is 8.37. The van der Waals surface area contributed by atoms with Crippen LogP contribution in [0.1, 0.15) is 20.3 Å². The average Bonchev–Trinajstić information content (AvgIpc) is 3.13. The van der Waals surface area contributed by atoms with Gasteiger partial charge in [0.1, 0.15) is 29.0 Å². The molecule has 0 aliphatic carbocycles. The number of anilines is 1. The van der Waals surface area contributed by atoms with Gasteiger partial charge in [0.15, 0.2) is 0 Å². The first-order chi connectivity index (χ1) is 12.8. The van der Waals surface area contributed by atoms with Crippen molar-refractivity contribution in [2.75, 3.05) is 38.6 Å². The van der Waals surface area contributed by atoms with E-state index >= 15 is 0 Å². The van der Waals surface area contributed by atoms with E-state index in [1.54, 1.807) is 7.11 Å². The Labute approximate surface area is 153 Å². The molecule has 0 atom stereocenters. The zero-order chi connectivity index (χ0) is 18.4. The van der Waals surface area contributed by atoms with Crippen LogP contribution in [0.3, 0.4) is 0 Å². The van der Waals surface area contributed by atoms with Crippen LogP contribution in [0.2, 0.25) is 0 Å². The van der Waals surface area contributed by atoms with Crippen molar-refractivity contribution in [3.63, 3.8) is 0 Å². The molecule has 1 N–H and O–H groups in total. The van der Waals surface area contributed by atoms with Crippen LogP contribution in [-0.2, 0) is 0 Å². The molecule has 0 unspecified atom stereocenters. The van der Waals surface area contributed by atoms with Gasteiger partial charge in [-0.15, -0.1) is 0 Å². The number of fused-ring (bicyclic) bond motifs is 1. The van der Waals surface area contributed by atoms with Gasteiger partial charge >= 0.3 is 0 Å². The van der Waals surface area contributed by atoms with Crippen LogP contribution in [0.4, 0.5) is 5.82 Å². The Hall–Kier alpha value is -2.67. The lowest BCUT2D eigenvalue weighted by atomic mass is 10.1. The number of rotatable bonds is 9. The molecule has 7 nitrogen and oxygen atoms in total. The van der Waals surface area contributed by atoms with Crippen molar-refractivity contribution in [3.8, 4) is 17.0 Å². The molecule has 3 aromatic rings. The fraction of sp³-hybridized carbons (Fsp3) is 0.421. The number of hydrogen-bond acceptors (Lipinski definition) is 7. The smallest absolute Gasteiger partial charge is 0.263 e. The Morgan fingerprint density at radius 3 is 2.73 bits per heavy atom. The van der Waals surface area contributed by atoms with Crippen molar-refractivity contribution in [1.82, 2.24) is 20.0 Å². The van der Waals surface area contributed by atoms with Crippen molar-refractivity contribution >= 4 is 16.9 Å². The van der Waals surface area contributed by atoms with E-state index < -0.39 is 0 Å². The molecular weight excluding hydrogens is 330 g/mol. The van der Waals surface area contributed by atoms with Gasteiger partial charge in [0.05, 0.1) is 7.11 Å². The number of nitrogens with one attached hydrogen (secondary N) is 1. The standard InChI is InChI=1S/C19H25N5O2/c1-4-24(5-2)12-8-11-20-18-16-17(23-26-19(16)22-13-21-18)14-9-6-7-10-15(14)25-3/h6-7,9-10,13H,4-5,8,11-12H2,1-3H3,(H,20,21,22). The second-order valence-corrected chi connectivity index (χ2v) is 5.94. The lowest BCUT2D eigenvalue weighted by molar-refractivity contribution is 0.303. The Bertz CT molecular complexity index is 845. The van der Waals surface area contributed by atoms with E-state index in [1.165, 1.54) is 6.33 Å². The van der Waals surface area contributed by atoms with E-state index in [-0.39, 0.29) is 0 Å². The monoisotopic (exact) mass is 355 g/mol. The van der Waals surface area contributed by atoms with Crippen molar-refractivity contribution in [3.05, 3.63) is 30.6 Å². The minimum atomic E-state index is 0.465. The van der Waals surface area contributed by atoms with Crippen molar-refractivity contribution < 1.29 is 9.26 Å². The van der Waals surface area contributed by atoms with Gasteiger partial charge in [0, 0.05) is 12.1 Å². The highest BCUT2D eigenvalue weighted by molar-refractivity contribution is 5.98. The van der Waals surface area contributed by atoms with E-state index in [0.717, 1.165) is 55.1 Å². The highest BCUT2D eigenvalue weighted by atomic mass is 16.5. The minimum absolute atomic E-state index is 0.465. The maximum Gasteiger partial charge on any atom is 0.263 e. The minimum Gasteiger partial charge on any atom is -0.496 e. The Morgan fingerprint density at radius 1 is 1.15 bits per heavy atom. The summed E-state index contributed by atoms with van der Waals surface area (Å²) < 4.78 is 10.9. The van der Waals surface area contributed by atoms with E-state index in [9.17, 15) is 0 Å². The molecule has 0 aliphatic rings. The molecular formula is C19H25N5O2. The number of ether oxygens (including phenoxy) is 1. The van der Waals surface area contributed by atoms with Gasteiger partial charge in [0.25, 0.3) is 5.71 Å². The number of nitrogens with zero attached hydrogens (tertiary/aromatic N) is 4. The molecule has 2 heterocycles. The fourth-order valence-electron chi connectivity index (χ4n) is 2.99. The highest BCUT2D eigenvalue weighted by Crippen LogP contribution is 2.36. The molecule has 0 radical (unpaired) electrons. The Kier molecular flexibility index (Phi) is 6.01. The summed E-state index contributed by atoms with van der Waals surface area (Å²) in [6, 6.07) is 7.72. The number of hydrogen-bond donors (Lipinski definition) is 1. The number of para-hydroxylation sites is 1. The molecule has 0 aliphatic heterocycles. The quantitative estimate of drug-likeness (QED) is 0.589. The number of aromatic nitrogens is 3. The van der Waals surface area contributed by atoms with E-state index in [2.05, 4.69) is 39.2 Å². The molecule has 138 valence electrons. The SMILES string of the molecule is CCN(CC)CCCNc1ncnc2onc(-c3ccccc3OC)c12. The Balaban J connectivity index is 1.84. The first-order valence-corrected chi connectivity index (χ1v) is 8.98. The van der Waals surface area contributed by atoms with Crippen LogP contribution in [0.25, 0.3) is 22.4 Å². The third-order valence-corrected chi connectivity index (χ3v) is 4.47. The third kappa shape index (κ3) is 3.77. The number of methoxy groups -OCH3 is 1. The van der Waals surface area contributed by atoms with Gasteiger partial charge in [-0.1, -0.05) is 31.1 Å². The summed E-state index contributed by atoms with van der Waals surface area (Å²) in [5.41, 5.74) is 2.01. The maximum atomic E-state index is 5.46. The summed E-state index contributed by atoms with van der Waals surface area (Å²) in [7, 11) is 1.64. The Morgan fingerprint density at radius 2 is 1.96 bits per heavy atom. The zero-order valence-corrected chi connectivity index (χ0v) is 15.5. The molecule has 0 saturated carbocycles. The fourth-order valence-corrected chi connectivity index (χ4v) is 2.99. The molecule has 0 fully saturated rings.